The summed E-state index contributed by atoms with van der Waals surface area (Å²) in [5.41, 5.74) is 4.25. The van der Waals surface area contributed by atoms with Crippen molar-refractivity contribution in [1.82, 2.24) is 9.88 Å². The van der Waals surface area contributed by atoms with Gasteiger partial charge in [0.2, 0.25) is 5.91 Å². The zero-order valence-electron chi connectivity index (χ0n) is 25.3. The molecule has 8 heteroatoms. The van der Waals surface area contributed by atoms with E-state index in [1.54, 1.807) is 13.2 Å². The predicted molar refractivity (Wildman–Crippen MR) is 157 cm³/mol. The van der Waals surface area contributed by atoms with Crippen LogP contribution < -0.4 is 4.74 Å². The zero-order valence-corrected chi connectivity index (χ0v) is 25.3. The molecule has 4 atom stereocenters. The molecule has 2 aliphatic carbocycles. The van der Waals surface area contributed by atoms with Gasteiger partial charge in [-0.1, -0.05) is 13.8 Å². The number of Topliss-reactive ketones (excluding diaryl/α,β-unsaturated/α-hetero) is 1. The number of ether oxygens (including phenoxy) is 2. The SMILES string of the molecule is CCN1C(=O)[C@H]2[C@H](C[C@H]1C(C)C)OC1=C(C(=O)CC3(CC3)C1)[C@@H]2c1c(OC)ccc(-c2cc(C)cc(C(=O)O)n2)c1C. The van der Waals surface area contributed by atoms with Gasteiger partial charge in [0, 0.05) is 54.5 Å². The fraction of sp³-hybridized carbons (Fsp3) is 0.529. The number of nitrogens with zero attached hydrogens (tertiary/aromatic N) is 2. The number of aromatic nitrogens is 1. The molecule has 1 aromatic carbocycles. The molecule has 2 aromatic rings. The summed E-state index contributed by atoms with van der Waals surface area (Å²) in [5.74, 6) is -0.502. The Bertz CT molecular complexity index is 1520. The minimum absolute atomic E-state index is 0.00141. The lowest BCUT2D eigenvalue weighted by Gasteiger charge is -2.51. The van der Waals surface area contributed by atoms with Gasteiger partial charge in [0.05, 0.1) is 18.7 Å². The number of carboxylic acids is 1. The lowest BCUT2D eigenvalue weighted by molar-refractivity contribution is -0.156. The average molecular weight is 573 g/mol. The van der Waals surface area contributed by atoms with Crippen LogP contribution in [0.4, 0.5) is 0 Å². The highest BCUT2D eigenvalue weighted by atomic mass is 16.5. The summed E-state index contributed by atoms with van der Waals surface area (Å²) < 4.78 is 12.7. The van der Waals surface area contributed by atoms with Crippen molar-refractivity contribution in [3.8, 4) is 17.0 Å². The first kappa shape index (κ1) is 28.4. The highest BCUT2D eigenvalue weighted by Gasteiger charge is 2.58. The van der Waals surface area contributed by atoms with Crippen LogP contribution >= 0.6 is 0 Å². The molecule has 8 nitrogen and oxygen atoms in total. The van der Waals surface area contributed by atoms with Crippen LogP contribution in [-0.2, 0) is 14.3 Å². The highest BCUT2D eigenvalue weighted by molar-refractivity contribution is 6.01. The van der Waals surface area contributed by atoms with E-state index in [0.717, 1.165) is 47.3 Å². The molecule has 0 radical (unpaired) electrons. The topological polar surface area (TPSA) is 106 Å². The molecule has 1 saturated carbocycles. The maximum absolute atomic E-state index is 14.4. The summed E-state index contributed by atoms with van der Waals surface area (Å²) in [5, 5.41) is 9.68. The molecule has 2 fully saturated rings. The Hall–Kier alpha value is -3.68. The van der Waals surface area contributed by atoms with Gasteiger partial charge in [0.25, 0.3) is 0 Å². The largest absolute Gasteiger partial charge is 0.496 e. The second kappa shape index (κ2) is 10.2. The van der Waals surface area contributed by atoms with E-state index >= 15 is 0 Å². The Balaban J connectivity index is 1.58. The third-order valence-corrected chi connectivity index (χ3v) is 10.0. The minimum atomic E-state index is -1.10. The zero-order chi connectivity index (χ0) is 30.1. The summed E-state index contributed by atoms with van der Waals surface area (Å²) >= 11 is 0. The number of rotatable bonds is 6. The number of piperidine rings is 1. The van der Waals surface area contributed by atoms with Crippen LogP contribution in [0.3, 0.4) is 0 Å². The van der Waals surface area contributed by atoms with Crippen LogP contribution in [-0.4, -0.2) is 58.5 Å². The highest BCUT2D eigenvalue weighted by Crippen LogP contribution is 2.61. The van der Waals surface area contributed by atoms with Crippen molar-refractivity contribution in [1.29, 1.82) is 0 Å². The Morgan fingerprint density at radius 2 is 1.93 bits per heavy atom. The lowest BCUT2D eigenvalue weighted by atomic mass is 9.65. The number of hydrogen-bond donors (Lipinski definition) is 1. The van der Waals surface area contributed by atoms with Crippen molar-refractivity contribution in [2.75, 3.05) is 13.7 Å². The number of fused-ring (bicyclic) bond motifs is 1. The van der Waals surface area contributed by atoms with Gasteiger partial charge in [-0.15, -0.1) is 0 Å². The van der Waals surface area contributed by atoms with E-state index in [1.165, 1.54) is 0 Å². The standard InChI is InChI=1S/C34H40N2O6/c1-7-36-23(17(2)3)14-26-30(32(36)38)31(29-24(37)15-34(10-11-34)16-27(29)42-26)28-19(5)20(8-9-25(28)41-6)21-12-18(4)13-22(35-21)33(39)40/h8-9,12-13,17,23,26,30-31H,7,10-11,14-16H2,1-6H3,(H,39,40)/t23-,26-,30-,31-/m0/s1. The number of aryl methyl sites for hydroxylation is 1. The fourth-order valence-corrected chi connectivity index (χ4v) is 7.75. The van der Waals surface area contributed by atoms with Crippen molar-refractivity contribution >= 4 is 17.7 Å². The summed E-state index contributed by atoms with van der Waals surface area (Å²) in [7, 11) is 1.61. The lowest BCUT2D eigenvalue weighted by Crippen LogP contribution is -2.59. The number of aromatic carboxylic acids is 1. The Morgan fingerprint density at radius 1 is 1.19 bits per heavy atom. The first-order valence-corrected chi connectivity index (χ1v) is 15.1. The number of methoxy groups -OCH3 is 1. The molecule has 1 spiro atoms. The number of carboxylic acid groups (broad SMARTS) is 1. The maximum atomic E-state index is 14.4. The molecule has 1 amide bonds. The van der Waals surface area contributed by atoms with E-state index in [0.29, 0.717) is 36.4 Å². The smallest absolute Gasteiger partial charge is 0.354 e. The van der Waals surface area contributed by atoms with Gasteiger partial charge in [-0.25, -0.2) is 9.78 Å². The number of likely N-dealkylation sites (tertiary alicyclic amines) is 1. The second-order valence-electron chi connectivity index (χ2n) is 13.0. The molecular formula is C34H40N2O6. The molecule has 1 aromatic heterocycles. The molecule has 3 heterocycles. The van der Waals surface area contributed by atoms with Crippen molar-refractivity contribution in [3.05, 3.63) is 58.0 Å². The van der Waals surface area contributed by atoms with Gasteiger partial charge in [-0.2, -0.15) is 0 Å². The number of amides is 1. The Morgan fingerprint density at radius 3 is 2.55 bits per heavy atom. The molecule has 1 N–H and O–H groups in total. The van der Waals surface area contributed by atoms with Crippen molar-refractivity contribution < 1.29 is 29.0 Å². The van der Waals surface area contributed by atoms with E-state index in [1.807, 2.05) is 43.9 Å². The fourth-order valence-electron chi connectivity index (χ4n) is 7.75. The minimum Gasteiger partial charge on any atom is -0.496 e. The average Bonchev–Trinajstić information content (AvgIpc) is 3.68. The summed E-state index contributed by atoms with van der Waals surface area (Å²) in [4.78, 5) is 46.7. The van der Waals surface area contributed by atoms with E-state index in [2.05, 4.69) is 18.8 Å². The molecule has 42 heavy (non-hydrogen) atoms. The summed E-state index contributed by atoms with van der Waals surface area (Å²) in [6.07, 6.45) is 3.62. The van der Waals surface area contributed by atoms with Gasteiger partial charge in [0.15, 0.2) is 5.78 Å². The van der Waals surface area contributed by atoms with E-state index < -0.39 is 17.8 Å². The van der Waals surface area contributed by atoms with Gasteiger partial charge in [0.1, 0.15) is 23.3 Å². The van der Waals surface area contributed by atoms with Gasteiger partial charge in [-0.3, -0.25) is 9.59 Å². The number of hydrogen-bond acceptors (Lipinski definition) is 6. The first-order chi connectivity index (χ1) is 20.0. The third-order valence-electron chi connectivity index (χ3n) is 10.0. The van der Waals surface area contributed by atoms with Crippen LogP contribution in [0.2, 0.25) is 0 Å². The molecule has 2 aliphatic heterocycles. The molecule has 6 rings (SSSR count). The second-order valence-corrected chi connectivity index (χ2v) is 13.0. The molecule has 1 saturated heterocycles. The number of carbonyl (C=O) groups excluding carboxylic acids is 2. The number of ketones is 1. The molecule has 4 aliphatic rings. The van der Waals surface area contributed by atoms with E-state index in [-0.39, 0.29) is 40.9 Å². The van der Waals surface area contributed by atoms with Gasteiger partial charge >= 0.3 is 5.97 Å². The summed E-state index contributed by atoms with van der Waals surface area (Å²) in [6, 6.07) is 7.20. The van der Waals surface area contributed by atoms with Crippen LogP contribution in [0, 0.1) is 31.1 Å². The molecule has 0 bridgehead atoms. The van der Waals surface area contributed by atoms with E-state index in [4.69, 9.17) is 9.47 Å². The maximum Gasteiger partial charge on any atom is 0.354 e. The molecule has 0 unspecified atom stereocenters. The molecule has 222 valence electrons. The number of benzene rings is 1. The number of pyridine rings is 1. The van der Waals surface area contributed by atoms with Crippen molar-refractivity contribution in [2.24, 2.45) is 17.3 Å². The quantitative estimate of drug-likeness (QED) is 0.463. The predicted octanol–water partition coefficient (Wildman–Crippen LogP) is 5.84. The first-order valence-electron chi connectivity index (χ1n) is 15.1. The van der Waals surface area contributed by atoms with Crippen LogP contribution in [0.15, 0.2) is 35.6 Å². The van der Waals surface area contributed by atoms with E-state index in [9.17, 15) is 19.5 Å². The van der Waals surface area contributed by atoms with Crippen LogP contribution in [0.25, 0.3) is 11.3 Å². The van der Waals surface area contributed by atoms with Crippen molar-refractivity contribution in [2.45, 2.75) is 84.8 Å². The van der Waals surface area contributed by atoms with Crippen molar-refractivity contribution in [3.63, 3.8) is 0 Å². The Labute approximate surface area is 247 Å². The van der Waals surface area contributed by atoms with Gasteiger partial charge in [-0.05, 0) is 80.3 Å². The number of carbonyl (C=O) groups is 3. The van der Waals surface area contributed by atoms with Crippen LogP contribution in [0.5, 0.6) is 5.75 Å². The third kappa shape index (κ3) is 4.50. The number of allylic oxidation sites excluding steroid dienone is 2. The molecular weight excluding hydrogens is 532 g/mol. The Kier molecular flexibility index (Phi) is 6.94. The van der Waals surface area contributed by atoms with Crippen LogP contribution in [0.1, 0.15) is 86.0 Å². The van der Waals surface area contributed by atoms with Gasteiger partial charge < -0.3 is 19.5 Å². The normalized spacial score (nSPS) is 26.2. The summed E-state index contributed by atoms with van der Waals surface area (Å²) in [6.45, 7) is 10.7. The monoisotopic (exact) mass is 572 g/mol.